The molecule has 0 aromatic rings. The van der Waals surface area contributed by atoms with Gasteiger partial charge in [-0.05, 0) is 6.54 Å². The molecule has 2 fully saturated rings. The molecule has 2 saturated heterocycles. The van der Waals surface area contributed by atoms with Crippen LogP contribution in [0.4, 0.5) is 0 Å². The first-order valence-electron chi connectivity index (χ1n) is 5.91. The highest BCUT2D eigenvalue weighted by molar-refractivity contribution is 5.76. The third kappa shape index (κ3) is 2.21. The highest BCUT2D eigenvalue weighted by Crippen LogP contribution is 2.28. The minimum absolute atomic E-state index is 0.227. The number of likely N-dealkylation sites (tertiary alicyclic amines) is 1. The predicted octanol–water partition coefficient (Wildman–Crippen LogP) is -0.0402. The van der Waals surface area contributed by atoms with Gasteiger partial charge in [0.1, 0.15) is 11.8 Å². The van der Waals surface area contributed by atoms with Crippen molar-refractivity contribution >= 4 is 5.97 Å². The number of ether oxygens (including phenoxy) is 2. The van der Waals surface area contributed by atoms with Crippen LogP contribution in [-0.4, -0.2) is 56.0 Å². The molecule has 0 amide bonds. The molecule has 1 atom stereocenters. The Balaban J connectivity index is 1.90. The van der Waals surface area contributed by atoms with Crippen LogP contribution in [0.3, 0.4) is 0 Å². The van der Waals surface area contributed by atoms with Crippen molar-refractivity contribution in [3.63, 3.8) is 0 Å². The number of carbonyl (C=O) groups is 1. The lowest BCUT2D eigenvalue weighted by Crippen LogP contribution is -2.53. The second-order valence-corrected chi connectivity index (χ2v) is 4.46. The lowest BCUT2D eigenvalue weighted by Gasteiger charge is -2.38. The summed E-state index contributed by atoms with van der Waals surface area (Å²) in [4.78, 5) is 13.8. The van der Waals surface area contributed by atoms with Crippen LogP contribution in [0.25, 0.3) is 0 Å². The normalized spacial score (nSPS) is 29.5. The maximum Gasteiger partial charge on any atom is 0.325 e. The van der Waals surface area contributed by atoms with Crippen molar-refractivity contribution in [2.24, 2.45) is 0 Å². The summed E-state index contributed by atoms with van der Waals surface area (Å²) in [7, 11) is 1.41. The first-order valence-corrected chi connectivity index (χ1v) is 5.91. The average Bonchev–Trinajstić information content (AvgIpc) is 2.73. The minimum atomic E-state index is -0.293. The van der Waals surface area contributed by atoms with Crippen LogP contribution in [0.1, 0.15) is 19.8 Å². The first-order chi connectivity index (χ1) is 7.69. The average molecular weight is 228 g/mol. The fourth-order valence-corrected chi connectivity index (χ4v) is 2.43. The van der Waals surface area contributed by atoms with Gasteiger partial charge in [0.25, 0.3) is 0 Å². The zero-order valence-electron chi connectivity index (χ0n) is 9.99. The summed E-state index contributed by atoms with van der Waals surface area (Å²) in [6.07, 6.45) is 1.88. The molecule has 0 aromatic heterocycles. The van der Waals surface area contributed by atoms with E-state index in [9.17, 15) is 4.79 Å². The quantitative estimate of drug-likeness (QED) is 0.672. The molecule has 92 valence electrons. The maximum atomic E-state index is 11.4. The van der Waals surface area contributed by atoms with E-state index >= 15 is 0 Å². The van der Waals surface area contributed by atoms with Crippen molar-refractivity contribution in [2.75, 3.05) is 33.4 Å². The van der Waals surface area contributed by atoms with Crippen LogP contribution in [0.15, 0.2) is 0 Å². The first kappa shape index (κ1) is 11.8. The minimum Gasteiger partial charge on any atom is -0.468 e. The van der Waals surface area contributed by atoms with E-state index in [1.807, 2.05) is 0 Å². The zero-order chi connectivity index (χ0) is 11.6. The molecule has 2 aliphatic heterocycles. The molecule has 5 nitrogen and oxygen atoms in total. The summed E-state index contributed by atoms with van der Waals surface area (Å²) in [5.41, 5.74) is -0.287. The molecule has 1 unspecified atom stereocenters. The van der Waals surface area contributed by atoms with Crippen molar-refractivity contribution in [1.29, 1.82) is 0 Å². The Hall–Kier alpha value is -0.650. The highest BCUT2D eigenvalue weighted by Gasteiger charge is 2.44. The Morgan fingerprint density at radius 1 is 1.56 bits per heavy atom. The smallest absolute Gasteiger partial charge is 0.325 e. The van der Waals surface area contributed by atoms with E-state index in [0.29, 0.717) is 6.61 Å². The topological polar surface area (TPSA) is 50.8 Å². The van der Waals surface area contributed by atoms with Crippen LogP contribution in [-0.2, 0) is 14.3 Å². The highest BCUT2D eigenvalue weighted by atomic mass is 16.5. The summed E-state index contributed by atoms with van der Waals surface area (Å²) < 4.78 is 10.5. The number of methoxy groups -OCH3 is 1. The molecular formula is C11H20N2O3. The molecule has 1 spiro atoms. The van der Waals surface area contributed by atoms with E-state index in [0.717, 1.165) is 32.5 Å². The Bertz CT molecular complexity index is 262. The third-order valence-electron chi connectivity index (χ3n) is 3.56. The number of rotatable bonds is 2. The number of hydrogen-bond donors (Lipinski definition) is 1. The van der Waals surface area contributed by atoms with Gasteiger partial charge in [-0.15, -0.1) is 0 Å². The summed E-state index contributed by atoms with van der Waals surface area (Å²) >= 11 is 0. The monoisotopic (exact) mass is 228 g/mol. The second kappa shape index (κ2) is 4.69. The van der Waals surface area contributed by atoms with E-state index in [-0.39, 0.29) is 17.7 Å². The molecule has 1 N–H and O–H groups in total. The van der Waals surface area contributed by atoms with Gasteiger partial charge in [0.15, 0.2) is 0 Å². The predicted molar refractivity (Wildman–Crippen MR) is 59.0 cm³/mol. The maximum absolute atomic E-state index is 11.4. The fraction of sp³-hybridized carbons (Fsp3) is 0.909. The summed E-state index contributed by atoms with van der Waals surface area (Å²) in [5.74, 6) is -0.227. The summed E-state index contributed by atoms with van der Waals surface area (Å²) in [6, 6.07) is -0.293. The number of nitrogens with zero attached hydrogens (tertiary/aromatic N) is 1. The van der Waals surface area contributed by atoms with E-state index in [4.69, 9.17) is 9.47 Å². The Kier molecular flexibility index (Phi) is 3.47. The molecule has 0 aliphatic carbocycles. The van der Waals surface area contributed by atoms with Gasteiger partial charge < -0.3 is 14.4 Å². The Morgan fingerprint density at radius 3 is 2.81 bits per heavy atom. The number of nitrogens with one attached hydrogen (secondary N) is 1. The van der Waals surface area contributed by atoms with E-state index in [1.54, 1.807) is 0 Å². The number of esters is 1. The van der Waals surface area contributed by atoms with Gasteiger partial charge in [-0.3, -0.25) is 10.1 Å². The largest absolute Gasteiger partial charge is 0.468 e. The van der Waals surface area contributed by atoms with E-state index in [2.05, 4.69) is 17.1 Å². The molecule has 5 heteroatoms. The molecule has 0 bridgehead atoms. The molecular weight excluding hydrogens is 208 g/mol. The van der Waals surface area contributed by atoms with E-state index < -0.39 is 0 Å². The van der Waals surface area contributed by atoms with Gasteiger partial charge in [0.2, 0.25) is 0 Å². The van der Waals surface area contributed by atoms with Crippen molar-refractivity contribution < 1.29 is 14.3 Å². The van der Waals surface area contributed by atoms with Gasteiger partial charge in [-0.1, -0.05) is 6.92 Å². The van der Waals surface area contributed by atoms with Crippen molar-refractivity contribution in [2.45, 2.75) is 31.5 Å². The van der Waals surface area contributed by atoms with Gasteiger partial charge in [0.05, 0.1) is 13.7 Å². The molecule has 0 aromatic carbocycles. The van der Waals surface area contributed by atoms with Crippen LogP contribution in [0.5, 0.6) is 0 Å². The molecule has 0 saturated carbocycles. The molecule has 16 heavy (non-hydrogen) atoms. The van der Waals surface area contributed by atoms with Gasteiger partial charge in [-0.25, -0.2) is 0 Å². The van der Waals surface area contributed by atoms with Crippen LogP contribution >= 0.6 is 0 Å². The SMILES string of the molecule is CCN1CCC2(CC1)NC(C(=O)OC)CO2. The lowest BCUT2D eigenvalue weighted by molar-refractivity contribution is -0.142. The third-order valence-corrected chi connectivity index (χ3v) is 3.56. The van der Waals surface area contributed by atoms with Gasteiger partial charge in [-0.2, -0.15) is 0 Å². The lowest BCUT2D eigenvalue weighted by atomic mass is 10.0. The van der Waals surface area contributed by atoms with Crippen molar-refractivity contribution in [1.82, 2.24) is 10.2 Å². The molecule has 0 radical (unpaired) electrons. The van der Waals surface area contributed by atoms with Crippen molar-refractivity contribution in [3.05, 3.63) is 0 Å². The standard InChI is InChI=1S/C11H20N2O3/c1-3-13-6-4-11(5-7-13)12-9(8-16-11)10(14)15-2/h9,12H,3-8H2,1-2H3. The number of piperidine rings is 1. The van der Waals surface area contributed by atoms with Crippen LogP contribution in [0, 0.1) is 0 Å². The molecule has 2 aliphatic rings. The molecule has 2 rings (SSSR count). The Morgan fingerprint density at radius 2 is 2.25 bits per heavy atom. The number of hydrogen-bond acceptors (Lipinski definition) is 5. The zero-order valence-corrected chi connectivity index (χ0v) is 9.99. The summed E-state index contributed by atoms with van der Waals surface area (Å²) in [5, 5.41) is 3.28. The Labute approximate surface area is 96.1 Å². The number of carbonyl (C=O) groups excluding carboxylic acids is 1. The van der Waals surface area contributed by atoms with Crippen LogP contribution < -0.4 is 5.32 Å². The second-order valence-electron chi connectivity index (χ2n) is 4.46. The van der Waals surface area contributed by atoms with E-state index in [1.165, 1.54) is 7.11 Å². The summed E-state index contributed by atoms with van der Waals surface area (Å²) in [6.45, 7) is 5.72. The fourth-order valence-electron chi connectivity index (χ4n) is 2.43. The van der Waals surface area contributed by atoms with Crippen LogP contribution in [0.2, 0.25) is 0 Å². The van der Waals surface area contributed by atoms with Gasteiger partial charge in [0, 0.05) is 25.9 Å². The van der Waals surface area contributed by atoms with Crippen molar-refractivity contribution in [3.8, 4) is 0 Å². The molecule has 2 heterocycles. The van der Waals surface area contributed by atoms with Gasteiger partial charge >= 0.3 is 5.97 Å².